The lowest BCUT2D eigenvalue weighted by atomic mass is 10.1. The zero-order valence-electron chi connectivity index (χ0n) is 22.7. The van der Waals surface area contributed by atoms with Crippen molar-refractivity contribution in [2.45, 2.75) is 0 Å². The van der Waals surface area contributed by atoms with Gasteiger partial charge in [-0.3, -0.25) is 0 Å². The van der Waals surface area contributed by atoms with Crippen molar-refractivity contribution in [3.8, 4) is 57.8 Å². The topological polar surface area (TPSA) is 146 Å². The minimum atomic E-state index is 0.406. The van der Waals surface area contributed by atoms with Crippen LogP contribution < -0.4 is 0 Å². The van der Waals surface area contributed by atoms with E-state index in [1.165, 1.54) is 4.57 Å². The molecule has 0 aliphatic carbocycles. The van der Waals surface area contributed by atoms with Crippen LogP contribution in [-0.4, -0.2) is 39.5 Å². The van der Waals surface area contributed by atoms with E-state index in [9.17, 15) is 10.5 Å². The van der Waals surface area contributed by atoms with Crippen molar-refractivity contribution in [1.29, 1.82) is 10.5 Å². The summed E-state index contributed by atoms with van der Waals surface area (Å²) in [6.45, 7) is 0. The first-order chi connectivity index (χ1) is 21.7. The van der Waals surface area contributed by atoms with Crippen molar-refractivity contribution < 1.29 is 0 Å². The third kappa shape index (κ3) is 3.27. The van der Waals surface area contributed by atoms with Crippen LogP contribution in [0.25, 0.3) is 89.7 Å². The zero-order valence-corrected chi connectivity index (χ0v) is 22.7. The van der Waals surface area contributed by atoms with Crippen LogP contribution in [0.4, 0.5) is 0 Å². The van der Waals surface area contributed by atoms with Gasteiger partial charge in [0.05, 0.1) is 11.6 Å². The largest absolute Gasteiger partial charge is 0.324 e. The highest BCUT2D eigenvalue weighted by atomic mass is 15.1. The number of rotatable bonds is 0. The van der Waals surface area contributed by atoms with Crippen LogP contribution in [0.5, 0.6) is 0 Å². The summed E-state index contributed by atoms with van der Waals surface area (Å²) < 4.78 is 1.42. The number of hydrogen-bond donors (Lipinski definition) is 1. The van der Waals surface area contributed by atoms with Crippen molar-refractivity contribution in [2.24, 2.45) is 0 Å². The molecule has 8 bridgehead atoms. The second kappa shape index (κ2) is 8.86. The summed E-state index contributed by atoms with van der Waals surface area (Å²) in [5, 5.41) is 23.3. The van der Waals surface area contributed by atoms with Crippen LogP contribution in [0.2, 0.25) is 0 Å². The van der Waals surface area contributed by atoms with Crippen LogP contribution in [-0.2, 0) is 0 Å². The highest BCUT2D eigenvalue weighted by Crippen LogP contribution is 2.37. The van der Waals surface area contributed by atoms with Gasteiger partial charge in [0, 0.05) is 43.8 Å². The second-order valence-electron chi connectivity index (χ2n) is 10.3. The quantitative estimate of drug-likeness (QED) is 0.218. The first kappa shape index (κ1) is 23.9. The molecule has 0 spiro atoms. The fraction of sp³-hybridized carbons (Fsp3) is 0. The molecule has 10 heteroatoms. The number of fused-ring (bicyclic) bond motifs is 20. The van der Waals surface area contributed by atoms with E-state index in [1.807, 2.05) is 84.9 Å². The SMILES string of the molecule is N#Cc1cccc2c3nc4nc(nc5c6ccccc6c(nc6nc(nc([nH]3)c12)-c1ccccc1-6)n5C#N)-c1ccccc1-4. The number of nitrogens with one attached hydrogen (secondary N) is 1. The highest BCUT2D eigenvalue weighted by Gasteiger charge is 2.23. The molecule has 0 saturated heterocycles. The molecule has 0 radical (unpaired) electrons. The molecule has 0 unspecified atom stereocenters. The van der Waals surface area contributed by atoms with E-state index in [0.29, 0.717) is 56.8 Å². The van der Waals surface area contributed by atoms with Crippen LogP contribution in [0.1, 0.15) is 5.56 Å². The first-order valence-electron chi connectivity index (χ1n) is 13.8. The van der Waals surface area contributed by atoms with E-state index in [-0.39, 0.29) is 0 Å². The van der Waals surface area contributed by atoms with Gasteiger partial charge in [0.1, 0.15) is 11.3 Å². The van der Waals surface area contributed by atoms with Gasteiger partial charge in [-0.2, -0.15) is 10.5 Å². The van der Waals surface area contributed by atoms with E-state index in [1.54, 1.807) is 6.07 Å². The fourth-order valence-corrected chi connectivity index (χ4v) is 5.98. The number of nitrogens with zero attached hydrogens (tertiary/aromatic N) is 9. The minimum absolute atomic E-state index is 0.406. The number of H-pyrrole nitrogens is 1. The molecular weight excluding hydrogens is 548 g/mol. The van der Waals surface area contributed by atoms with Gasteiger partial charge >= 0.3 is 0 Å². The van der Waals surface area contributed by atoms with E-state index >= 15 is 0 Å². The Morgan fingerprint density at radius 3 is 1.50 bits per heavy atom. The second-order valence-corrected chi connectivity index (χ2v) is 10.3. The molecule has 9 rings (SSSR count). The fourth-order valence-electron chi connectivity index (χ4n) is 5.98. The Balaban J connectivity index is 1.56. The molecule has 4 aromatic carbocycles. The average molecular weight is 565 g/mol. The molecule has 10 nitrogen and oxygen atoms in total. The third-order valence-corrected chi connectivity index (χ3v) is 7.95. The summed E-state index contributed by atoms with van der Waals surface area (Å²) in [5.41, 5.74) is 5.37. The van der Waals surface area contributed by atoms with Gasteiger partial charge in [-0.1, -0.05) is 84.9 Å². The van der Waals surface area contributed by atoms with Gasteiger partial charge in [0.2, 0.25) is 0 Å². The van der Waals surface area contributed by atoms with E-state index in [4.69, 9.17) is 29.9 Å². The number of benzene rings is 4. The molecule has 7 aromatic rings. The van der Waals surface area contributed by atoms with Crippen LogP contribution >= 0.6 is 0 Å². The van der Waals surface area contributed by atoms with Gasteiger partial charge in [-0.25, -0.2) is 34.5 Å². The van der Waals surface area contributed by atoms with Crippen molar-refractivity contribution >= 4 is 44.1 Å². The molecule has 3 aromatic heterocycles. The van der Waals surface area contributed by atoms with Crippen molar-refractivity contribution in [1.82, 2.24) is 39.5 Å². The Morgan fingerprint density at radius 2 is 0.977 bits per heavy atom. The highest BCUT2D eigenvalue weighted by molar-refractivity contribution is 6.08. The summed E-state index contributed by atoms with van der Waals surface area (Å²) >= 11 is 0. The smallest absolute Gasteiger partial charge is 0.192 e. The molecule has 2 aliphatic rings. The number of aromatic nitrogens is 8. The average Bonchev–Trinajstić information content (AvgIpc) is 3.79. The third-order valence-electron chi connectivity index (χ3n) is 7.95. The summed E-state index contributed by atoms with van der Waals surface area (Å²) in [6.07, 6.45) is 2.28. The molecule has 5 heterocycles. The normalized spacial score (nSPS) is 11.6. The van der Waals surface area contributed by atoms with Crippen molar-refractivity contribution in [3.05, 3.63) is 96.6 Å². The monoisotopic (exact) mass is 564 g/mol. The number of aromatic amines is 1. The van der Waals surface area contributed by atoms with E-state index < -0.39 is 0 Å². The van der Waals surface area contributed by atoms with Crippen molar-refractivity contribution in [3.63, 3.8) is 0 Å². The van der Waals surface area contributed by atoms with Crippen molar-refractivity contribution in [2.75, 3.05) is 0 Å². The summed E-state index contributed by atoms with van der Waals surface area (Å²) in [7, 11) is 0. The Bertz CT molecular complexity index is 2650. The molecule has 0 saturated carbocycles. The number of nitriles is 2. The maximum atomic E-state index is 10.4. The standard InChI is InChI=1S/C34H16N10/c35-16-18-8-7-15-25-26(18)32-40-28-20-10-2-4-12-22(20)30(38-28)43-34-24-14-6-5-13-23(24)33(44(34)17-36)42-29-21-11-3-1-9-19(21)27(37-29)39-31(25)41-32/h1-15H,(H,37,38,39,40,41,42,43). The Kier molecular flexibility index (Phi) is 4.81. The molecule has 0 atom stereocenters. The number of hydrogen-bond acceptors (Lipinski definition) is 8. The molecule has 2 aliphatic heterocycles. The lowest BCUT2D eigenvalue weighted by Crippen LogP contribution is -1.93. The minimum Gasteiger partial charge on any atom is -0.324 e. The molecule has 1 N–H and O–H groups in total. The van der Waals surface area contributed by atoms with Gasteiger partial charge < -0.3 is 4.98 Å². The lowest BCUT2D eigenvalue weighted by Gasteiger charge is -1.97. The van der Waals surface area contributed by atoms with E-state index in [2.05, 4.69) is 17.2 Å². The summed E-state index contributed by atoms with van der Waals surface area (Å²) in [4.78, 5) is 32.9. The molecular formula is C34H16N10. The van der Waals surface area contributed by atoms with Crippen LogP contribution in [0.15, 0.2) is 91.0 Å². The van der Waals surface area contributed by atoms with Crippen LogP contribution in [0.3, 0.4) is 0 Å². The Labute approximate surface area is 248 Å². The van der Waals surface area contributed by atoms with Crippen LogP contribution in [0, 0.1) is 22.8 Å². The molecule has 0 fully saturated rings. The summed E-state index contributed by atoms with van der Waals surface area (Å²) in [5.74, 6) is 1.72. The van der Waals surface area contributed by atoms with Gasteiger partial charge in [0.25, 0.3) is 0 Å². The molecule has 44 heavy (non-hydrogen) atoms. The van der Waals surface area contributed by atoms with Gasteiger partial charge in [-0.05, 0) is 6.07 Å². The lowest BCUT2D eigenvalue weighted by molar-refractivity contribution is 1.11. The zero-order chi connectivity index (χ0) is 29.4. The maximum absolute atomic E-state index is 10.4. The Hall–Kier alpha value is -6.78. The summed E-state index contributed by atoms with van der Waals surface area (Å²) in [6, 6.07) is 30.8. The first-order valence-corrected chi connectivity index (χ1v) is 13.8. The molecule has 202 valence electrons. The van der Waals surface area contributed by atoms with E-state index in [0.717, 1.165) is 38.4 Å². The van der Waals surface area contributed by atoms with Gasteiger partial charge in [0.15, 0.2) is 40.8 Å². The maximum Gasteiger partial charge on any atom is 0.192 e. The Morgan fingerprint density at radius 1 is 0.500 bits per heavy atom. The predicted octanol–water partition coefficient (Wildman–Crippen LogP) is 6.54. The van der Waals surface area contributed by atoms with Gasteiger partial charge in [-0.15, -0.1) is 0 Å². The molecule has 0 amide bonds. The predicted molar refractivity (Wildman–Crippen MR) is 165 cm³/mol.